The summed E-state index contributed by atoms with van der Waals surface area (Å²) in [6, 6.07) is 11.5. The van der Waals surface area contributed by atoms with Crippen LogP contribution in [0.15, 0.2) is 42.5 Å². The van der Waals surface area contributed by atoms with E-state index in [9.17, 15) is 9.59 Å². The molecule has 0 bridgehead atoms. The van der Waals surface area contributed by atoms with Gasteiger partial charge in [0.2, 0.25) is 5.78 Å². The highest BCUT2D eigenvalue weighted by molar-refractivity contribution is 6.31. The molecule has 6 heteroatoms. The standard InChI is InChI=1S/C17H11Cl2NO3/c18-10-3-1-9(2-4-10)17(23)16-13(8-15(21)22)12-7-11(19)5-6-14(12)20-16/h1-7,20H,8H2,(H,21,22). The molecule has 3 aromatic rings. The minimum absolute atomic E-state index is 0.256. The molecule has 0 aliphatic carbocycles. The van der Waals surface area contributed by atoms with Crippen LogP contribution in [0.3, 0.4) is 0 Å². The summed E-state index contributed by atoms with van der Waals surface area (Å²) in [5, 5.41) is 10.8. The van der Waals surface area contributed by atoms with Crippen LogP contribution in [0.1, 0.15) is 21.6 Å². The molecule has 1 heterocycles. The Hall–Kier alpha value is -2.30. The highest BCUT2D eigenvalue weighted by atomic mass is 35.5. The first-order chi connectivity index (χ1) is 11.0. The van der Waals surface area contributed by atoms with Crippen molar-refractivity contribution in [3.8, 4) is 0 Å². The fourth-order valence-electron chi connectivity index (χ4n) is 2.49. The van der Waals surface area contributed by atoms with E-state index >= 15 is 0 Å². The van der Waals surface area contributed by atoms with Crippen LogP contribution < -0.4 is 0 Å². The number of carbonyl (C=O) groups excluding carboxylic acids is 1. The third-order valence-electron chi connectivity index (χ3n) is 3.53. The van der Waals surface area contributed by atoms with E-state index in [1.54, 1.807) is 42.5 Å². The normalized spacial score (nSPS) is 10.9. The summed E-state index contributed by atoms with van der Waals surface area (Å²) in [7, 11) is 0. The number of aliphatic carboxylic acids is 1. The van der Waals surface area contributed by atoms with Crippen molar-refractivity contribution in [1.29, 1.82) is 0 Å². The lowest BCUT2D eigenvalue weighted by Crippen LogP contribution is -2.08. The van der Waals surface area contributed by atoms with Gasteiger partial charge in [0, 0.05) is 32.1 Å². The molecule has 0 spiro atoms. The molecule has 0 saturated carbocycles. The fraction of sp³-hybridized carbons (Fsp3) is 0.0588. The maximum atomic E-state index is 12.7. The van der Waals surface area contributed by atoms with Gasteiger partial charge in [-0.05, 0) is 42.5 Å². The summed E-state index contributed by atoms with van der Waals surface area (Å²) in [4.78, 5) is 26.9. The van der Waals surface area contributed by atoms with E-state index in [-0.39, 0.29) is 17.9 Å². The molecule has 23 heavy (non-hydrogen) atoms. The van der Waals surface area contributed by atoms with Gasteiger partial charge in [-0.2, -0.15) is 0 Å². The molecule has 0 fully saturated rings. The van der Waals surface area contributed by atoms with Crippen LogP contribution in [-0.4, -0.2) is 21.8 Å². The molecule has 3 rings (SSSR count). The number of rotatable bonds is 4. The first kappa shape index (κ1) is 15.6. The number of carboxylic acid groups (broad SMARTS) is 1. The lowest BCUT2D eigenvalue weighted by molar-refractivity contribution is -0.136. The van der Waals surface area contributed by atoms with Crippen LogP contribution in [0.4, 0.5) is 0 Å². The van der Waals surface area contributed by atoms with Gasteiger partial charge >= 0.3 is 5.97 Å². The first-order valence-electron chi connectivity index (χ1n) is 6.78. The van der Waals surface area contributed by atoms with Crippen LogP contribution in [0.2, 0.25) is 10.0 Å². The SMILES string of the molecule is O=C(O)Cc1c(C(=O)c2ccc(Cl)cc2)[nH]c2ccc(Cl)cc12. The van der Waals surface area contributed by atoms with Gasteiger partial charge < -0.3 is 10.1 Å². The second-order valence-corrected chi connectivity index (χ2v) is 5.95. The zero-order valence-electron chi connectivity index (χ0n) is 11.8. The number of H-pyrrole nitrogens is 1. The highest BCUT2D eigenvalue weighted by Crippen LogP contribution is 2.28. The minimum Gasteiger partial charge on any atom is -0.481 e. The van der Waals surface area contributed by atoms with Gasteiger partial charge in [-0.15, -0.1) is 0 Å². The van der Waals surface area contributed by atoms with Crippen molar-refractivity contribution in [2.45, 2.75) is 6.42 Å². The van der Waals surface area contributed by atoms with Crippen LogP contribution in [0.5, 0.6) is 0 Å². The molecular weight excluding hydrogens is 337 g/mol. The molecule has 0 aliphatic heterocycles. The summed E-state index contributed by atoms with van der Waals surface area (Å²) in [6.45, 7) is 0. The average Bonchev–Trinajstić information content (AvgIpc) is 2.85. The maximum Gasteiger partial charge on any atom is 0.307 e. The lowest BCUT2D eigenvalue weighted by Gasteiger charge is -2.03. The second-order valence-electron chi connectivity index (χ2n) is 5.07. The number of halogens is 2. The second kappa shape index (κ2) is 6.07. The van der Waals surface area contributed by atoms with E-state index in [2.05, 4.69) is 4.98 Å². The van der Waals surface area contributed by atoms with E-state index < -0.39 is 5.97 Å². The quantitative estimate of drug-likeness (QED) is 0.690. The molecule has 0 atom stereocenters. The molecule has 0 saturated heterocycles. The summed E-state index contributed by atoms with van der Waals surface area (Å²) in [6.07, 6.45) is -0.269. The molecule has 0 amide bonds. The van der Waals surface area contributed by atoms with E-state index in [0.717, 1.165) is 0 Å². The number of aromatic nitrogens is 1. The van der Waals surface area contributed by atoms with Crippen LogP contribution >= 0.6 is 23.2 Å². The Labute approximate surface area is 141 Å². The minimum atomic E-state index is -1.02. The molecule has 116 valence electrons. The van der Waals surface area contributed by atoms with E-state index in [1.807, 2.05) is 0 Å². The van der Waals surface area contributed by atoms with Crippen molar-refractivity contribution < 1.29 is 14.7 Å². The Bertz CT molecular complexity index is 913. The van der Waals surface area contributed by atoms with Gasteiger partial charge in [-0.25, -0.2) is 0 Å². The van der Waals surface area contributed by atoms with Gasteiger partial charge in [0.25, 0.3) is 0 Å². The van der Waals surface area contributed by atoms with Gasteiger partial charge in [0.15, 0.2) is 0 Å². The highest BCUT2D eigenvalue weighted by Gasteiger charge is 2.21. The van der Waals surface area contributed by atoms with Gasteiger partial charge in [0.1, 0.15) is 0 Å². The van der Waals surface area contributed by atoms with E-state index in [0.29, 0.717) is 32.1 Å². The van der Waals surface area contributed by atoms with E-state index in [4.69, 9.17) is 28.3 Å². The van der Waals surface area contributed by atoms with Crippen LogP contribution in [0.25, 0.3) is 10.9 Å². The molecule has 1 aromatic heterocycles. The van der Waals surface area contributed by atoms with Crippen molar-refractivity contribution in [2.24, 2.45) is 0 Å². The average molecular weight is 348 g/mol. The third kappa shape index (κ3) is 3.09. The number of ketones is 1. The largest absolute Gasteiger partial charge is 0.481 e. The number of hydrogen-bond donors (Lipinski definition) is 2. The van der Waals surface area contributed by atoms with Gasteiger partial charge in [-0.3, -0.25) is 9.59 Å². The number of carbonyl (C=O) groups is 2. The summed E-state index contributed by atoms with van der Waals surface area (Å²) >= 11 is 11.8. The van der Waals surface area contributed by atoms with E-state index in [1.165, 1.54) is 0 Å². The summed E-state index contributed by atoms with van der Waals surface area (Å²) in [5.74, 6) is -1.30. The van der Waals surface area contributed by atoms with Crippen molar-refractivity contribution in [3.63, 3.8) is 0 Å². The molecule has 0 unspecified atom stereocenters. The Balaban J connectivity index is 2.17. The first-order valence-corrected chi connectivity index (χ1v) is 7.53. The Morgan fingerprint density at radius 1 is 1.00 bits per heavy atom. The van der Waals surface area contributed by atoms with Crippen LogP contribution in [-0.2, 0) is 11.2 Å². The number of nitrogens with one attached hydrogen (secondary N) is 1. The Morgan fingerprint density at radius 2 is 1.65 bits per heavy atom. The third-order valence-corrected chi connectivity index (χ3v) is 4.02. The molecule has 0 aliphatic rings. The Kier molecular flexibility index (Phi) is 4.11. The lowest BCUT2D eigenvalue weighted by atomic mass is 10.0. The van der Waals surface area contributed by atoms with Gasteiger partial charge in [-0.1, -0.05) is 23.2 Å². The van der Waals surface area contributed by atoms with Crippen molar-refractivity contribution in [1.82, 2.24) is 4.98 Å². The number of hydrogen-bond acceptors (Lipinski definition) is 2. The predicted molar refractivity (Wildman–Crippen MR) is 89.5 cm³/mol. The Morgan fingerprint density at radius 3 is 2.30 bits per heavy atom. The molecule has 2 N–H and O–H groups in total. The predicted octanol–water partition coefficient (Wildman–Crippen LogP) is 4.33. The van der Waals surface area contributed by atoms with Crippen molar-refractivity contribution >= 4 is 45.9 Å². The monoisotopic (exact) mass is 347 g/mol. The number of fused-ring (bicyclic) bond motifs is 1. The van der Waals surface area contributed by atoms with Crippen molar-refractivity contribution in [2.75, 3.05) is 0 Å². The zero-order valence-corrected chi connectivity index (χ0v) is 13.3. The molecule has 2 aromatic carbocycles. The smallest absolute Gasteiger partial charge is 0.307 e. The fourth-order valence-corrected chi connectivity index (χ4v) is 2.79. The van der Waals surface area contributed by atoms with Crippen LogP contribution in [0, 0.1) is 0 Å². The summed E-state index contributed by atoms with van der Waals surface area (Å²) < 4.78 is 0. The summed E-state index contributed by atoms with van der Waals surface area (Å²) in [5.41, 5.74) is 1.78. The molecular formula is C17H11Cl2NO3. The molecule has 4 nitrogen and oxygen atoms in total. The maximum absolute atomic E-state index is 12.7. The zero-order chi connectivity index (χ0) is 16.6. The van der Waals surface area contributed by atoms with Crippen molar-refractivity contribution in [3.05, 3.63) is 69.3 Å². The molecule has 0 radical (unpaired) electrons. The topological polar surface area (TPSA) is 70.2 Å². The number of benzene rings is 2. The number of aromatic amines is 1. The van der Waals surface area contributed by atoms with Gasteiger partial charge in [0.05, 0.1) is 12.1 Å². The number of carboxylic acids is 1.